The average molecular weight is 417 g/mol. The number of nitrogens with one attached hydrogen (secondary N) is 2. The summed E-state index contributed by atoms with van der Waals surface area (Å²) in [5, 5.41) is 8.71. The fourth-order valence-electron chi connectivity index (χ4n) is 2.70. The van der Waals surface area contributed by atoms with Crippen LogP contribution in [0, 0.1) is 0 Å². The monoisotopic (exact) mass is 416 g/mol. The average Bonchev–Trinajstić information content (AvgIpc) is 3.14. The van der Waals surface area contributed by atoms with Crippen LogP contribution in [-0.2, 0) is 14.6 Å². The number of morpholine rings is 1. The Kier molecular flexibility index (Phi) is 8.08. The molecule has 0 amide bonds. The zero-order valence-corrected chi connectivity index (χ0v) is 18.3. The maximum atomic E-state index is 11.9. The van der Waals surface area contributed by atoms with E-state index in [4.69, 9.17) is 4.74 Å². The minimum atomic E-state index is -3.18. The molecule has 0 spiro atoms. The zero-order chi connectivity index (χ0) is 19.9. The van der Waals surface area contributed by atoms with Gasteiger partial charge in [-0.2, -0.15) is 0 Å². The lowest BCUT2D eigenvalue weighted by Crippen LogP contribution is -2.46. The summed E-state index contributed by atoms with van der Waals surface area (Å²) in [5.41, 5.74) is 0. The van der Waals surface area contributed by atoms with Crippen molar-refractivity contribution in [2.24, 2.45) is 4.99 Å². The Balaban J connectivity index is 2.08. The summed E-state index contributed by atoms with van der Waals surface area (Å²) in [7, 11) is -3.18. The van der Waals surface area contributed by atoms with Gasteiger partial charge in [-0.1, -0.05) is 6.07 Å². The molecule has 1 atom stereocenters. The van der Waals surface area contributed by atoms with Crippen molar-refractivity contribution in [1.82, 2.24) is 15.5 Å². The minimum absolute atomic E-state index is 0.211. The Morgan fingerprint density at radius 3 is 2.63 bits per heavy atom. The molecule has 1 saturated heterocycles. The van der Waals surface area contributed by atoms with Crippen LogP contribution in [0.3, 0.4) is 0 Å². The van der Waals surface area contributed by atoms with Gasteiger partial charge in [-0.25, -0.2) is 8.42 Å². The molecule has 1 unspecified atom stereocenters. The van der Waals surface area contributed by atoms with Crippen molar-refractivity contribution in [3.8, 4) is 0 Å². The molecule has 2 N–H and O–H groups in total. The highest BCUT2D eigenvalue weighted by Gasteiger charge is 2.30. The van der Waals surface area contributed by atoms with Crippen LogP contribution >= 0.6 is 11.3 Å². The van der Waals surface area contributed by atoms with E-state index in [1.807, 2.05) is 6.92 Å². The largest absolute Gasteiger partial charge is 0.379 e. The van der Waals surface area contributed by atoms with E-state index in [0.717, 1.165) is 26.3 Å². The Morgan fingerprint density at radius 2 is 2.07 bits per heavy atom. The van der Waals surface area contributed by atoms with Crippen LogP contribution in [0.2, 0.25) is 0 Å². The standard InChI is InChI=1S/C18H32N4O3S2/c1-5-19-17(21-14-18(2,3)27(4,23)24)20-13-15(16-7-6-12-26-16)22-8-10-25-11-9-22/h6-7,12,15H,5,8-11,13-14H2,1-4H3,(H2,19,20,21). The molecule has 1 aliphatic heterocycles. The van der Waals surface area contributed by atoms with E-state index < -0.39 is 14.6 Å². The topological polar surface area (TPSA) is 83.0 Å². The Labute approximate surface area is 167 Å². The number of hydrogen-bond acceptors (Lipinski definition) is 6. The van der Waals surface area contributed by atoms with Gasteiger partial charge in [0.05, 0.1) is 30.5 Å². The van der Waals surface area contributed by atoms with Crippen LogP contribution in [0.4, 0.5) is 0 Å². The molecule has 0 aliphatic carbocycles. The van der Waals surface area contributed by atoms with Gasteiger partial charge in [0.25, 0.3) is 0 Å². The van der Waals surface area contributed by atoms with Gasteiger partial charge in [0, 0.05) is 37.3 Å². The quantitative estimate of drug-likeness (QED) is 0.494. The van der Waals surface area contributed by atoms with Gasteiger partial charge in [-0.15, -0.1) is 11.3 Å². The highest BCUT2D eigenvalue weighted by molar-refractivity contribution is 7.92. The smallest absolute Gasteiger partial charge is 0.191 e. The van der Waals surface area contributed by atoms with E-state index in [2.05, 4.69) is 38.0 Å². The third kappa shape index (κ3) is 6.44. The molecule has 2 rings (SSSR count). The van der Waals surface area contributed by atoms with Gasteiger partial charge < -0.3 is 15.4 Å². The predicted octanol–water partition coefficient (Wildman–Crippen LogP) is 1.50. The van der Waals surface area contributed by atoms with Gasteiger partial charge in [0.1, 0.15) is 0 Å². The summed E-state index contributed by atoms with van der Waals surface area (Å²) in [6, 6.07) is 4.46. The van der Waals surface area contributed by atoms with Crippen LogP contribution in [0.25, 0.3) is 0 Å². The van der Waals surface area contributed by atoms with Crippen molar-refractivity contribution in [2.45, 2.75) is 31.6 Å². The van der Waals surface area contributed by atoms with Crippen molar-refractivity contribution in [3.63, 3.8) is 0 Å². The first-order valence-electron chi connectivity index (χ1n) is 9.31. The minimum Gasteiger partial charge on any atom is -0.379 e. The van der Waals surface area contributed by atoms with Crippen molar-refractivity contribution >= 4 is 27.1 Å². The molecule has 9 heteroatoms. The highest BCUT2D eigenvalue weighted by atomic mass is 32.2. The Hall–Kier alpha value is -1.16. The van der Waals surface area contributed by atoms with E-state index >= 15 is 0 Å². The number of thiophene rings is 1. The summed E-state index contributed by atoms with van der Waals surface area (Å²) in [6.45, 7) is 10.3. The Morgan fingerprint density at radius 1 is 1.37 bits per heavy atom. The van der Waals surface area contributed by atoms with Gasteiger partial charge in [0.15, 0.2) is 15.8 Å². The lowest BCUT2D eigenvalue weighted by atomic mass is 10.2. The summed E-state index contributed by atoms with van der Waals surface area (Å²) in [4.78, 5) is 8.25. The van der Waals surface area contributed by atoms with Crippen molar-refractivity contribution < 1.29 is 13.2 Å². The third-order valence-corrected chi connectivity index (χ3v) is 7.90. The van der Waals surface area contributed by atoms with Crippen LogP contribution in [0.15, 0.2) is 22.5 Å². The van der Waals surface area contributed by atoms with Crippen LogP contribution < -0.4 is 10.6 Å². The number of sulfone groups is 1. The number of aliphatic imine (C=N–C) groups is 1. The number of hydrogen-bond donors (Lipinski definition) is 2. The lowest BCUT2D eigenvalue weighted by Gasteiger charge is -2.34. The first-order valence-corrected chi connectivity index (χ1v) is 12.1. The number of guanidine groups is 1. The molecule has 154 valence electrons. The van der Waals surface area contributed by atoms with E-state index in [1.165, 1.54) is 11.1 Å². The first kappa shape index (κ1) is 22.1. The van der Waals surface area contributed by atoms with Gasteiger partial charge in [-0.05, 0) is 32.2 Å². The van der Waals surface area contributed by atoms with Gasteiger partial charge >= 0.3 is 0 Å². The van der Waals surface area contributed by atoms with Crippen LogP contribution in [-0.4, -0.2) is 76.2 Å². The van der Waals surface area contributed by atoms with Crippen molar-refractivity contribution in [1.29, 1.82) is 0 Å². The summed E-state index contributed by atoms with van der Waals surface area (Å²) in [6.07, 6.45) is 1.26. The lowest BCUT2D eigenvalue weighted by molar-refractivity contribution is 0.0177. The molecule has 7 nitrogen and oxygen atoms in total. The van der Waals surface area contributed by atoms with E-state index in [-0.39, 0.29) is 12.6 Å². The Bertz CT molecular complexity index is 696. The molecule has 1 aliphatic rings. The molecule has 2 heterocycles. The van der Waals surface area contributed by atoms with Crippen LogP contribution in [0.1, 0.15) is 31.7 Å². The zero-order valence-electron chi connectivity index (χ0n) is 16.7. The second-order valence-electron chi connectivity index (χ2n) is 7.29. The van der Waals surface area contributed by atoms with Crippen molar-refractivity contribution in [3.05, 3.63) is 22.4 Å². The summed E-state index contributed by atoms with van der Waals surface area (Å²) >= 11 is 1.75. The fraction of sp³-hybridized carbons (Fsp3) is 0.722. The highest BCUT2D eigenvalue weighted by Crippen LogP contribution is 2.25. The van der Waals surface area contributed by atoms with Crippen LogP contribution in [0.5, 0.6) is 0 Å². The normalized spacial score (nSPS) is 18.3. The number of ether oxygens (including phenoxy) is 1. The molecule has 27 heavy (non-hydrogen) atoms. The van der Waals surface area contributed by atoms with Crippen molar-refractivity contribution in [2.75, 3.05) is 52.2 Å². The summed E-state index contributed by atoms with van der Waals surface area (Å²) in [5.74, 6) is 0.643. The molecule has 0 saturated carbocycles. The second-order valence-corrected chi connectivity index (χ2v) is 10.9. The first-order chi connectivity index (χ1) is 12.7. The van der Waals surface area contributed by atoms with E-state index in [9.17, 15) is 8.42 Å². The van der Waals surface area contributed by atoms with Gasteiger partial charge in [0.2, 0.25) is 0 Å². The maximum absolute atomic E-state index is 11.9. The molecule has 1 aromatic heterocycles. The molecule has 0 aromatic carbocycles. The molecule has 1 aromatic rings. The number of rotatable bonds is 8. The summed E-state index contributed by atoms with van der Waals surface area (Å²) < 4.78 is 28.4. The third-order valence-electron chi connectivity index (χ3n) is 4.79. The maximum Gasteiger partial charge on any atom is 0.191 e. The van der Waals surface area contributed by atoms with E-state index in [1.54, 1.807) is 25.2 Å². The SMILES string of the molecule is CCNC(=NCC(C)(C)S(C)(=O)=O)NCC(c1cccs1)N1CCOCC1. The molecular weight excluding hydrogens is 384 g/mol. The molecular formula is C18H32N4O3S2. The van der Waals surface area contributed by atoms with E-state index in [0.29, 0.717) is 19.0 Å². The predicted molar refractivity (Wildman–Crippen MR) is 112 cm³/mol. The fourth-order valence-corrected chi connectivity index (χ4v) is 3.86. The number of nitrogens with zero attached hydrogens (tertiary/aromatic N) is 2. The molecule has 1 fully saturated rings. The second kappa shape index (κ2) is 9.86. The molecule has 0 radical (unpaired) electrons. The van der Waals surface area contributed by atoms with Gasteiger partial charge in [-0.3, -0.25) is 9.89 Å². The molecule has 0 bridgehead atoms.